The lowest BCUT2D eigenvalue weighted by Gasteiger charge is -2.12. The van der Waals surface area contributed by atoms with Crippen LogP contribution in [0.4, 0.5) is 0 Å². The maximum Gasteiger partial charge on any atom is 0.0438 e. The van der Waals surface area contributed by atoms with Gasteiger partial charge in [0.1, 0.15) is 0 Å². The van der Waals surface area contributed by atoms with E-state index in [1.165, 1.54) is 16.8 Å². The average Bonchev–Trinajstić information content (AvgIpc) is 2.33. The lowest BCUT2D eigenvalue weighted by Crippen LogP contribution is -2.02. The van der Waals surface area contributed by atoms with Crippen LogP contribution in [0.3, 0.4) is 0 Å². The fourth-order valence-electron chi connectivity index (χ4n) is 1.92. The molecule has 0 radical (unpaired) electrons. The van der Waals surface area contributed by atoms with Gasteiger partial charge in [0.25, 0.3) is 0 Å². The highest BCUT2D eigenvalue weighted by Crippen LogP contribution is 2.20. The normalized spacial score (nSPS) is 12.4. The molecule has 1 aromatic heterocycles. The Labute approximate surface area is 97.2 Å². The van der Waals surface area contributed by atoms with Gasteiger partial charge >= 0.3 is 0 Å². The van der Waals surface area contributed by atoms with Crippen molar-refractivity contribution in [3.8, 4) is 0 Å². The zero-order valence-electron chi connectivity index (χ0n) is 9.85. The molecule has 2 aromatic rings. The van der Waals surface area contributed by atoms with Crippen molar-refractivity contribution < 1.29 is 0 Å². The predicted molar refractivity (Wildman–Crippen MR) is 67.5 cm³/mol. The Bertz CT molecular complexity index is 448. The van der Waals surface area contributed by atoms with Crippen LogP contribution in [0.1, 0.15) is 29.7 Å². The van der Waals surface area contributed by atoms with Crippen LogP contribution in [0, 0.1) is 6.92 Å². The van der Waals surface area contributed by atoms with Crippen LogP contribution in [0.15, 0.2) is 48.7 Å². The van der Waals surface area contributed by atoms with Crippen molar-refractivity contribution in [2.24, 2.45) is 0 Å². The first kappa shape index (κ1) is 10.9. The second kappa shape index (κ2) is 4.93. The Hall–Kier alpha value is -1.63. The van der Waals surface area contributed by atoms with E-state index in [9.17, 15) is 0 Å². The molecule has 1 heterocycles. The molecule has 0 N–H and O–H groups in total. The summed E-state index contributed by atoms with van der Waals surface area (Å²) >= 11 is 0. The van der Waals surface area contributed by atoms with Crippen molar-refractivity contribution in [1.29, 1.82) is 0 Å². The number of pyridine rings is 1. The third kappa shape index (κ3) is 2.48. The van der Waals surface area contributed by atoms with Crippen LogP contribution in [0.25, 0.3) is 0 Å². The Morgan fingerprint density at radius 2 is 1.81 bits per heavy atom. The van der Waals surface area contributed by atoms with Gasteiger partial charge in [-0.15, -0.1) is 0 Å². The Morgan fingerprint density at radius 1 is 1.06 bits per heavy atom. The molecule has 16 heavy (non-hydrogen) atoms. The van der Waals surface area contributed by atoms with E-state index < -0.39 is 0 Å². The van der Waals surface area contributed by atoms with E-state index in [1.807, 2.05) is 12.3 Å². The predicted octanol–water partition coefficient (Wildman–Crippen LogP) is 3.74. The summed E-state index contributed by atoms with van der Waals surface area (Å²) in [5.41, 5.74) is 3.87. The second-order valence-corrected chi connectivity index (χ2v) is 4.28. The summed E-state index contributed by atoms with van der Waals surface area (Å²) in [6, 6.07) is 14.7. The summed E-state index contributed by atoms with van der Waals surface area (Å²) in [7, 11) is 0. The summed E-state index contributed by atoms with van der Waals surface area (Å²) in [5, 5.41) is 0. The van der Waals surface area contributed by atoms with Gasteiger partial charge in [0.2, 0.25) is 0 Å². The molecule has 0 bridgehead atoms. The van der Waals surface area contributed by atoms with Gasteiger partial charge in [-0.25, -0.2) is 0 Å². The summed E-state index contributed by atoms with van der Waals surface area (Å²) in [5.74, 6) is 0.523. The second-order valence-electron chi connectivity index (χ2n) is 4.28. The van der Waals surface area contributed by atoms with Gasteiger partial charge < -0.3 is 0 Å². The van der Waals surface area contributed by atoms with E-state index in [-0.39, 0.29) is 0 Å². The fraction of sp³-hybridized carbons (Fsp3) is 0.267. The van der Waals surface area contributed by atoms with Crippen molar-refractivity contribution in [3.05, 3.63) is 65.5 Å². The number of aromatic nitrogens is 1. The number of nitrogens with zero attached hydrogens (tertiary/aromatic N) is 1. The maximum absolute atomic E-state index is 4.44. The van der Waals surface area contributed by atoms with Gasteiger partial charge in [0.15, 0.2) is 0 Å². The molecule has 0 amide bonds. The molecule has 1 atom stereocenters. The number of aryl methyl sites for hydroxylation is 1. The first-order valence-electron chi connectivity index (χ1n) is 5.73. The quantitative estimate of drug-likeness (QED) is 0.753. The van der Waals surface area contributed by atoms with Gasteiger partial charge in [-0.2, -0.15) is 0 Å². The van der Waals surface area contributed by atoms with Crippen LogP contribution in [-0.4, -0.2) is 4.98 Å². The van der Waals surface area contributed by atoms with Crippen LogP contribution < -0.4 is 0 Å². The number of hydrogen-bond donors (Lipinski definition) is 0. The van der Waals surface area contributed by atoms with Gasteiger partial charge in [-0.1, -0.05) is 43.3 Å². The zero-order chi connectivity index (χ0) is 11.4. The van der Waals surface area contributed by atoms with Crippen molar-refractivity contribution in [2.45, 2.75) is 26.2 Å². The van der Waals surface area contributed by atoms with E-state index in [2.05, 4.69) is 55.2 Å². The van der Waals surface area contributed by atoms with Crippen molar-refractivity contribution >= 4 is 0 Å². The maximum atomic E-state index is 4.44. The summed E-state index contributed by atoms with van der Waals surface area (Å²) in [4.78, 5) is 4.44. The molecule has 2 rings (SSSR count). The third-order valence-corrected chi connectivity index (χ3v) is 2.99. The van der Waals surface area contributed by atoms with E-state index in [0.29, 0.717) is 5.92 Å². The van der Waals surface area contributed by atoms with Gasteiger partial charge in [-0.05, 0) is 36.5 Å². The molecular weight excluding hydrogens is 194 g/mol. The van der Waals surface area contributed by atoms with Gasteiger partial charge in [0.05, 0.1) is 0 Å². The third-order valence-electron chi connectivity index (χ3n) is 2.99. The molecule has 1 nitrogen and oxygen atoms in total. The van der Waals surface area contributed by atoms with Crippen molar-refractivity contribution in [3.63, 3.8) is 0 Å². The molecule has 0 saturated heterocycles. The topological polar surface area (TPSA) is 12.9 Å². The minimum absolute atomic E-state index is 0.523. The Morgan fingerprint density at radius 3 is 2.50 bits per heavy atom. The number of benzene rings is 1. The molecule has 0 aliphatic carbocycles. The SMILES string of the molecule is Cc1cccnc1CC(C)c1ccccc1. The van der Waals surface area contributed by atoms with Gasteiger partial charge in [0, 0.05) is 11.9 Å². The summed E-state index contributed by atoms with van der Waals surface area (Å²) in [6.07, 6.45) is 2.89. The molecule has 1 unspecified atom stereocenters. The van der Waals surface area contributed by atoms with Crippen LogP contribution >= 0.6 is 0 Å². The molecule has 0 saturated carbocycles. The average molecular weight is 211 g/mol. The highest BCUT2D eigenvalue weighted by atomic mass is 14.7. The molecule has 0 spiro atoms. The molecule has 0 aliphatic heterocycles. The van der Waals surface area contributed by atoms with Crippen molar-refractivity contribution in [2.75, 3.05) is 0 Å². The highest BCUT2D eigenvalue weighted by molar-refractivity contribution is 5.24. The van der Waals surface area contributed by atoms with Crippen molar-refractivity contribution in [1.82, 2.24) is 4.98 Å². The van der Waals surface area contributed by atoms with E-state index in [4.69, 9.17) is 0 Å². The van der Waals surface area contributed by atoms with E-state index >= 15 is 0 Å². The Kier molecular flexibility index (Phi) is 3.35. The first-order valence-corrected chi connectivity index (χ1v) is 5.73. The zero-order valence-corrected chi connectivity index (χ0v) is 9.85. The largest absolute Gasteiger partial charge is 0.261 e. The Balaban J connectivity index is 2.14. The van der Waals surface area contributed by atoms with E-state index in [1.54, 1.807) is 0 Å². The number of hydrogen-bond acceptors (Lipinski definition) is 1. The van der Waals surface area contributed by atoms with Crippen LogP contribution in [-0.2, 0) is 6.42 Å². The summed E-state index contributed by atoms with van der Waals surface area (Å²) < 4.78 is 0. The lowest BCUT2D eigenvalue weighted by molar-refractivity contribution is 0.736. The molecular formula is C15H17N. The summed E-state index contributed by atoms with van der Waals surface area (Å²) in [6.45, 7) is 4.38. The molecule has 0 fully saturated rings. The minimum Gasteiger partial charge on any atom is -0.261 e. The standard InChI is InChI=1S/C15H17N/c1-12-7-6-10-16-15(12)11-13(2)14-8-4-3-5-9-14/h3-10,13H,11H2,1-2H3. The highest BCUT2D eigenvalue weighted by Gasteiger charge is 2.08. The number of rotatable bonds is 3. The van der Waals surface area contributed by atoms with Gasteiger partial charge in [-0.3, -0.25) is 4.98 Å². The fourth-order valence-corrected chi connectivity index (χ4v) is 1.92. The monoisotopic (exact) mass is 211 g/mol. The molecule has 82 valence electrons. The molecule has 1 heteroatoms. The smallest absolute Gasteiger partial charge is 0.0438 e. The first-order chi connectivity index (χ1) is 7.77. The molecule has 0 aliphatic rings. The molecule has 1 aromatic carbocycles. The van der Waals surface area contributed by atoms with Crippen LogP contribution in [0.2, 0.25) is 0 Å². The lowest BCUT2D eigenvalue weighted by atomic mass is 9.95. The minimum atomic E-state index is 0.523. The van der Waals surface area contributed by atoms with E-state index in [0.717, 1.165) is 6.42 Å². The van der Waals surface area contributed by atoms with Crippen LogP contribution in [0.5, 0.6) is 0 Å².